The van der Waals surface area contributed by atoms with Crippen molar-refractivity contribution in [3.05, 3.63) is 39.9 Å². The van der Waals surface area contributed by atoms with E-state index in [0.29, 0.717) is 48.3 Å². The van der Waals surface area contributed by atoms with E-state index in [4.69, 9.17) is 11.6 Å². The molecule has 0 bridgehead atoms. The Morgan fingerprint density at radius 2 is 1.87 bits per heavy atom. The Bertz CT molecular complexity index is 883. The number of hydrogen-bond acceptors (Lipinski definition) is 6. The van der Waals surface area contributed by atoms with E-state index in [-0.39, 0.29) is 11.8 Å². The molecular weight excluding hydrogens is 426 g/mol. The van der Waals surface area contributed by atoms with Crippen LogP contribution in [0.3, 0.4) is 0 Å². The van der Waals surface area contributed by atoms with E-state index in [1.165, 1.54) is 4.90 Å². The Hall–Kier alpha value is -2.23. The van der Waals surface area contributed by atoms with Crippen molar-refractivity contribution in [2.45, 2.75) is 25.8 Å². The van der Waals surface area contributed by atoms with Gasteiger partial charge in [0.2, 0.25) is 0 Å². The molecule has 3 aliphatic heterocycles. The second kappa shape index (κ2) is 8.87. The van der Waals surface area contributed by atoms with Crippen molar-refractivity contribution >= 4 is 47.1 Å². The summed E-state index contributed by atoms with van der Waals surface area (Å²) in [4.78, 5) is 43.8. The molecule has 8 nitrogen and oxygen atoms in total. The number of carbonyl (C=O) groups excluding carboxylic acids is 3. The first-order valence-electron chi connectivity index (χ1n) is 10.1. The summed E-state index contributed by atoms with van der Waals surface area (Å²) in [5, 5.41) is 3.46. The summed E-state index contributed by atoms with van der Waals surface area (Å²) in [6.07, 6.45) is 1.64. The number of halogens is 1. The summed E-state index contributed by atoms with van der Waals surface area (Å²) >= 11 is 7.08. The summed E-state index contributed by atoms with van der Waals surface area (Å²) < 4.78 is 3.01. The molecule has 2 N–H and O–H groups in total. The van der Waals surface area contributed by atoms with E-state index in [1.807, 2.05) is 31.2 Å². The molecule has 10 heteroatoms. The molecule has 2 fully saturated rings. The summed E-state index contributed by atoms with van der Waals surface area (Å²) in [5.74, 6) is -0.457. The minimum atomic E-state index is -0.682. The first kappa shape index (κ1) is 21.0. The van der Waals surface area contributed by atoms with Crippen molar-refractivity contribution in [2.24, 2.45) is 0 Å². The number of carbonyl (C=O) groups is 3. The van der Waals surface area contributed by atoms with Crippen LogP contribution in [0.25, 0.3) is 0 Å². The maximum Gasteiger partial charge on any atom is 0.328 e. The third-order valence-electron chi connectivity index (χ3n) is 5.50. The lowest BCUT2D eigenvalue weighted by Gasteiger charge is -2.36. The largest absolute Gasteiger partial charge is 0.368 e. The lowest BCUT2D eigenvalue weighted by atomic mass is 10.1. The van der Waals surface area contributed by atoms with Crippen LogP contribution in [0, 0.1) is 0 Å². The topological polar surface area (TPSA) is 85.0 Å². The Morgan fingerprint density at radius 1 is 1.17 bits per heavy atom. The zero-order valence-corrected chi connectivity index (χ0v) is 18.3. The van der Waals surface area contributed by atoms with Crippen LogP contribution in [0.5, 0.6) is 0 Å². The monoisotopic (exact) mass is 449 g/mol. The first-order chi connectivity index (χ1) is 14.5. The number of hydrogen-bond donors (Lipinski definition) is 2. The Labute approximate surface area is 184 Å². The highest BCUT2D eigenvalue weighted by molar-refractivity contribution is 8.02. The standard InChI is InChI=1S/C20H24ClN5O3S/c1-2-3-8-26-18(27)16-15(22-20(26)29)17(30-23-16)19(28)25-11-9-24(10-12-25)14-6-4-13(21)5-7-14/h4-7,16,23H,2-3,8-12H2,1H3,(H,22,29). The Morgan fingerprint density at radius 3 is 2.53 bits per heavy atom. The van der Waals surface area contributed by atoms with Gasteiger partial charge in [-0.05, 0) is 42.6 Å². The number of nitrogens with zero attached hydrogens (tertiary/aromatic N) is 3. The highest BCUT2D eigenvalue weighted by Gasteiger charge is 2.44. The molecule has 0 spiro atoms. The van der Waals surface area contributed by atoms with Crippen LogP contribution in [-0.2, 0) is 9.59 Å². The van der Waals surface area contributed by atoms with Gasteiger partial charge in [-0.3, -0.25) is 14.5 Å². The van der Waals surface area contributed by atoms with Crippen LogP contribution >= 0.6 is 23.5 Å². The molecule has 4 rings (SSSR count). The highest BCUT2D eigenvalue weighted by Crippen LogP contribution is 2.32. The molecule has 4 amide bonds. The molecule has 1 atom stereocenters. The van der Waals surface area contributed by atoms with Crippen molar-refractivity contribution in [1.82, 2.24) is 19.8 Å². The molecular formula is C20H24ClN5O3S. The van der Waals surface area contributed by atoms with E-state index in [2.05, 4.69) is 14.9 Å². The molecule has 2 saturated heterocycles. The maximum atomic E-state index is 13.1. The summed E-state index contributed by atoms with van der Waals surface area (Å²) in [6.45, 7) is 4.92. The van der Waals surface area contributed by atoms with Crippen LogP contribution in [0.2, 0.25) is 5.02 Å². The summed E-state index contributed by atoms with van der Waals surface area (Å²) in [5.41, 5.74) is 1.45. The number of fused-ring (bicyclic) bond motifs is 1. The van der Waals surface area contributed by atoms with Crippen molar-refractivity contribution in [2.75, 3.05) is 37.6 Å². The fourth-order valence-corrected chi connectivity index (χ4v) is 4.83. The van der Waals surface area contributed by atoms with Gasteiger partial charge in [-0.15, -0.1) is 0 Å². The molecule has 3 aliphatic rings. The molecule has 1 aromatic rings. The number of rotatable bonds is 5. The smallest absolute Gasteiger partial charge is 0.328 e. The van der Waals surface area contributed by atoms with E-state index < -0.39 is 12.1 Å². The number of urea groups is 1. The van der Waals surface area contributed by atoms with Gasteiger partial charge in [-0.1, -0.05) is 24.9 Å². The summed E-state index contributed by atoms with van der Waals surface area (Å²) in [6, 6.07) is 6.52. The van der Waals surface area contributed by atoms with Crippen LogP contribution in [0.1, 0.15) is 19.8 Å². The second-order valence-electron chi connectivity index (χ2n) is 7.42. The fraction of sp³-hybridized carbons (Fsp3) is 0.450. The molecule has 1 aromatic carbocycles. The molecule has 3 heterocycles. The lowest BCUT2D eigenvalue weighted by Crippen LogP contribution is -2.58. The minimum absolute atomic E-state index is 0.157. The van der Waals surface area contributed by atoms with Gasteiger partial charge in [-0.2, -0.15) is 0 Å². The lowest BCUT2D eigenvalue weighted by molar-refractivity contribution is -0.130. The zero-order valence-electron chi connectivity index (χ0n) is 16.7. The molecule has 0 aromatic heterocycles. The Kier molecular flexibility index (Phi) is 6.21. The zero-order chi connectivity index (χ0) is 21.3. The Balaban J connectivity index is 1.42. The third kappa shape index (κ3) is 4.01. The van der Waals surface area contributed by atoms with Crippen LogP contribution < -0.4 is 14.9 Å². The second-order valence-corrected chi connectivity index (χ2v) is 8.71. The van der Waals surface area contributed by atoms with E-state index in [1.54, 1.807) is 4.90 Å². The predicted octanol–water partition coefficient (Wildman–Crippen LogP) is 2.17. The van der Waals surface area contributed by atoms with Crippen molar-refractivity contribution in [3.8, 4) is 0 Å². The number of unbranched alkanes of at least 4 members (excludes halogenated alkanes) is 1. The number of imide groups is 1. The minimum Gasteiger partial charge on any atom is -0.368 e. The predicted molar refractivity (Wildman–Crippen MR) is 117 cm³/mol. The molecule has 1 unspecified atom stereocenters. The number of nitrogens with one attached hydrogen (secondary N) is 2. The van der Waals surface area contributed by atoms with Gasteiger partial charge in [0, 0.05) is 43.4 Å². The first-order valence-corrected chi connectivity index (χ1v) is 11.3. The van der Waals surface area contributed by atoms with Gasteiger partial charge in [0.1, 0.15) is 10.9 Å². The van der Waals surface area contributed by atoms with Crippen LogP contribution in [0.15, 0.2) is 34.9 Å². The average molecular weight is 450 g/mol. The number of piperazine rings is 1. The maximum absolute atomic E-state index is 13.1. The molecule has 30 heavy (non-hydrogen) atoms. The van der Waals surface area contributed by atoms with Crippen molar-refractivity contribution in [3.63, 3.8) is 0 Å². The van der Waals surface area contributed by atoms with Crippen LogP contribution in [0.4, 0.5) is 10.5 Å². The molecule has 0 saturated carbocycles. The average Bonchev–Trinajstić information content (AvgIpc) is 3.18. The van der Waals surface area contributed by atoms with Gasteiger partial charge in [0.05, 0.1) is 5.70 Å². The quantitative estimate of drug-likeness (QED) is 0.670. The van der Waals surface area contributed by atoms with Crippen molar-refractivity contribution in [1.29, 1.82) is 0 Å². The number of benzene rings is 1. The van der Waals surface area contributed by atoms with Gasteiger partial charge < -0.3 is 15.1 Å². The van der Waals surface area contributed by atoms with Gasteiger partial charge in [-0.25, -0.2) is 9.52 Å². The highest BCUT2D eigenvalue weighted by atomic mass is 35.5. The SMILES string of the molecule is CCCCN1C(=O)NC2=C(C(=O)N3CCN(c4ccc(Cl)cc4)CC3)SNC2C1=O. The molecule has 0 radical (unpaired) electrons. The van der Waals surface area contributed by atoms with Crippen LogP contribution in [-0.4, -0.2) is 66.4 Å². The third-order valence-corrected chi connectivity index (χ3v) is 6.70. The van der Waals surface area contributed by atoms with E-state index in [9.17, 15) is 14.4 Å². The van der Waals surface area contributed by atoms with Gasteiger partial charge >= 0.3 is 6.03 Å². The van der Waals surface area contributed by atoms with Crippen molar-refractivity contribution < 1.29 is 14.4 Å². The molecule has 0 aliphatic carbocycles. The fourth-order valence-electron chi connectivity index (χ4n) is 3.75. The molecule has 160 valence electrons. The van der Waals surface area contributed by atoms with E-state index >= 15 is 0 Å². The number of anilines is 1. The van der Waals surface area contributed by atoms with E-state index in [0.717, 1.165) is 30.5 Å². The normalized spacial score (nSPS) is 21.8. The van der Waals surface area contributed by atoms with Gasteiger partial charge in [0.15, 0.2) is 0 Å². The van der Waals surface area contributed by atoms with Gasteiger partial charge in [0.25, 0.3) is 11.8 Å². The number of amides is 4. The summed E-state index contributed by atoms with van der Waals surface area (Å²) in [7, 11) is 0.